The maximum absolute atomic E-state index is 7.75. The summed E-state index contributed by atoms with van der Waals surface area (Å²) in [5, 5.41) is 44.8. The van der Waals surface area contributed by atoms with Crippen molar-refractivity contribution in [1.82, 2.24) is 0 Å². The Balaban J connectivity index is -0.0000000600. The van der Waals surface area contributed by atoms with Crippen LogP contribution in [0.3, 0.4) is 0 Å². The Bertz CT molecular complexity index is 65.0. The van der Waals surface area contributed by atoms with Crippen LogP contribution in [0.4, 0.5) is 0 Å². The molecule has 0 spiro atoms. The zero-order valence-electron chi connectivity index (χ0n) is 9.24. The first-order valence-electron chi connectivity index (χ1n) is 4.45. The molecule has 0 bridgehead atoms. The Morgan fingerprint density at radius 1 is 0.625 bits per heavy atom. The Hall–Kier alpha value is -0.295. The summed E-state index contributed by atoms with van der Waals surface area (Å²) in [7, 11) is -2.17. The zero-order chi connectivity index (χ0) is 13.8. The van der Waals surface area contributed by atoms with E-state index < -0.39 is 7.32 Å². The Morgan fingerprint density at radius 3 is 0.688 bits per heavy atom. The molecule has 0 radical (unpaired) electrons. The first-order valence-corrected chi connectivity index (χ1v) is 4.45. The average Bonchev–Trinajstić information content (AvgIpc) is 2.28. The fourth-order valence-corrected chi connectivity index (χ4v) is 0. The molecule has 0 aliphatic carbocycles. The van der Waals surface area contributed by atoms with E-state index in [4.69, 9.17) is 47.6 Å². The molecular formula is C6H24BN3O6. The van der Waals surface area contributed by atoms with Crippen LogP contribution < -0.4 is 17.2 Å². The number of aliphatic hydroxyl groups is 3. The van der Waals surface area contributed by atoms with Gasteiger partial charge in [0.2, 0.25) is 0 Å². The van der Waals surface area contributed by atoms with Gasteiger partial charge in [0.1, 0.15) is 0 Å². The third-order valence-electron chi connectivity index (χ3n) is 0.387. The number of hydrogen-bond acceptors (Lipinski definition) is 9. The van der Waals surface area contributed by atoms with Crippen LogP contribution in [-0.2, 0) is 0 Å². The molecule has 0 aliphatic rings. The lowest BCUT2D eigenvalue weighted by molar-refractivity contribution is 0.278. The van der Waals surface area contributed by atoms with E-state index in [-0.39, 0.29) is 19.8 Å². The van der Waals surface area contributed by atoms with Gasteiger partial charge in [0.05, 0.1) is 19.8 Å². The molecule has 0 saturated carbocycles. The highest BCUT2D eigenvalue weighted by Crippen LogP contribution is 1.40. The van der Waals surface area contributed by atoms with Crippen molar-refractivity contribution in [1.29, 1.82) is 0 Å². The molecule has 0 rings (SSSR count). The molecule has 0 saturated heterocycles. The molecule has 0 aromatic carbocycles. The third-order valence-corrected chi connectivity index (χ3v) is 0.387. The van der Waals surface area contributed by atoms with Crippen molar-refractivity contribution in [3.63, 3.8) is 0 Å². The second kappa shape index (κ2) is 36.4. The normalized spacial score (nSPS) is 7.31. The first-order chi connectivity index (χ1) is 7.47. The van der Waals surface area contributed by atoms with E-state index in [0.717, 1.165) is 0 Å². The fourth-order valence-electron chi connectivity index (χ4n) is 0. The summed E-state index contributed by atoms with van der Waals surface area (Å²) in [6, 6.07) is 0. The van der Waals surface area contributed by atoms with Crippen molar-refractivity contribution in [2.45, 2.75) is 0 Å². The van der Waals surface area contributed by atoms with Crippen molar-refractivity contribution >= 4 is 7.32 Å². The van der Waals surface area contributed by atoms with Gasteiger partial charge in [-0.25, -0.2) is 0 Å². The second-order valence-corrected chi connectivity index (χ2v) is 1.88. The van der Waals surface area contributed by atoms with E-state index >= 15 is 0 Å². The van der Waals surface area contributed by atoms with Crippen molar-refractivity contribution < 1.29 is 30.4 Å². The van der Waals surface area contributed by atoms with Gasteiger partial charge in [-0.1, -0.05) is 0 Å². The summed E-state index contributed by atoms with van der Waals surface area (Å²) >= 11 is 0. The largest absolute Gasteiger partial charge is 0.631 e. The molecule has 102 valence electrons. The number of nitrogens with two attached hydrogens (primary N) is 3. The summed E-state index contributed by atoms with van der Waals surface area (Å²) in [6.45, 7) is 1.42. The Labute approximate surface area is 95.3 Å². The lowest BCUT2D eigenvalue weighted by Gasteiger charge is -1.71. The van der Waals surface area contributed by atoms with Gasteiger partial charge in [0.15, 0.2) is 0 Å². The monoisotopic (exact) mass is 245 g/mol. The van der Waals surface area contributed by atoms with Gasteiger partial charge in [-0.3, -0.25) is 0 Å². The van der Waals surface area contributed by atoms with Crippen LogP contribution in [0.1, 0.15) is 0 Å². The van der Waals surface area contributed by atoms with Crippen LogP contribution in [0.25, 0.3) is 0 Å². The van der Waals surface area contributed by atoms with Crippen LogP contribution in [0.15, 0.2) is 0 Å². The second-order valence-electron chi connectivity index (χ2n) is 1.88. The van der Waals surface area contributed by atoms with Gasteiger partial charge < -0.3 is 47.6 Å². The topological polar surface area (TPSA) is 199 Å². The molecule has 10 heteroatoms. The van der Waals surface area contributed by atoms with Crippen molar-refractivity contribution in [3.05, 3.63) is 0 Å². The minimum atomic E-state index is -2.17. The van der Waals surface area contributed by atoms with Crippen molar-refractivity contribution in [2.24, 2.45) is 17.2 Å². The van der Waals surface area contributed by atoms with Crippen molar-refractivity contribution in [2.75, 3.05) is 39.5 Å². The SMILES string of the molecule is NCCO.NCCO.NCCO.OB(O)O. The molecule has 0 amide bonds. The summed E-state index contributed by atoms with van der Waals surface area (Å²) in [6.07, 6.45) is 0. The highest BCUT2D eigenvalue weighted by Gasteiger charge is 1.92. The van der Waals surface area contributed by atoms with Crippen LogP contribution in [0.2, 0.25) is 0 Å². The van der Waals surface area contributed by atoms with Gasteiger partial charge in [-0.05, 0) is 0 Å². The summed E-state index contributed by atoms with van der Waals surface area (Å²) in [5.74, 6) is 0. The van der Waals surface area contributed by atoms with E-state index in [0.29, 0.717) is 19.6 Å². The number of aliphatic hydroxyl groups excluding tert-OH is 3. The van der Waals surface area contributed by atoms with Crippen LogP contribution in [0, 0.1) is 0 Å². The van der Waals surface area contributed by atoms with E-state index in [1.165, 1.54) is 0 Å². The molecule has 0 heterocycles. The molecule has 0 unspecified atom stereocenters. The van der Waals surface area contributed by atoms with E-state index in [1.807, 2.05) is 0 Å². The molecule has 9 nitrogen and oxygen atoms in total. The zero-order valence-corrected chi connectivity index (χ0v) is 9.24. The van der Waals surface area contributed by atoms with E-state index in [1.54, 1.807) is 0 Å². The van der Waals surface area contributed by atoms with Crippen molar-refractivity contribution in [3.8, 4) is 0 Å². The van der Waals surface area contributed by atoms with E-state index in [9.17, 15) is 0 Å². The first kappa shape index (κ1) is 24.8. The summed E-state index contributed by atoms with van der Waals surface area (Å²) < 4.78 is 0. The smallest absolute Gasteiger partial charge is 0.402 e. The lowest BCUT2D eigenvalue weighted by atomic mass is 10.3. The summed E-state index contributed by atoms with van der Waals surface area (Å²) in [4.78, 5) is 0. The highest BCUT2D eigenvalue weighted by atomic mass is 16.5. The Morgan fingerprint density at radius 2 is 0.688 bits per heavy atom. The predicted molar refractivity (Wildman–Crippen MR) is 60.8 cm³/mol. The molecular weight excluding hydrogens is 221 g/mol. The lowest BCUT2D eigenvalue weighted by Crippen LogP contribution is -2.07. The van der Waals surface area contributed by atoms with Gasteiger partial charge in [0.25, 0.3) is 0 Å². The quantitative estimate of drug-likeness (QED) is 0.218. The third kappa shape index (κ3) is 302. The standard InChI is InChI=1S/3C2H7NO.BH3O3/c3*3-1-2-4;2-1(3)4/h3*4H,1-3H2;2-4H. The van der Waals surface area contributed by atoms with Crippen LogP contribution in [-0.4, -0.2) is 77.2 Å². The van der Waals surface area contributed by atoms with Gasteiger partial charge in [-0.15, -0.1) is 0 Å². The minimum absolute atomic E-state index is 0.0972. The molecule has 0 aliphatic heterocycles. The molecule has 0 aromatic heterocycles. The van der Waals surface area contributed by atoms with Gasteiger partial charge in [-0.2, -0.15) is 0 Å². The van der Waals surface area contributed by atoms with Crippen LogP contribution >= 0.6 is 0 Å². The number of hydrogen-bond donors (Lipinski definition) is 9. The highest BCUT2D eigenvalue weighted by molar-refractivity contribution is 6.30. The number of rotatable bonds is 3. The average molecular weight is 245 g/mol. The molecule has 0 fully saturated rings. The molecule has 0 atom stereocenters. The summed E-state index contributed by atoms with van der Waals surface area (Å²) in [5.41, 5.74) is 14.3. The van der Waals surface area contributed by atoms with Crippen LogP contribution in [0.5, 0.6) is 0 Å². The molecule has 16 heavy (non-hydrogen) atoms. The van der Waals surface area contributed by atoms with Gasteiger partial charge in [0, 0.05) is 19.6 Å². The van der Waals surface area contributed by atoms with E-state index in [2.05, 4.69) is 0 Å². The predicted octanol–water partition coefficient (Wildman–Crippen LogP) is -5.24. The molecule has 0 aromatic rings. The van der Waals surface area contributed by atoms with Gasteiger partial charge >= 0.3 is 7.32 Å². The maximum Gasteiger partial charge on any atom is 0.631 e. The Kier molecular flexibility index (Phi) is 56.5. The molecule has 12 N–H and O–H groups in total. The fraction of sp³-hybridized carbons (Fsp3) is 1.00. The maximum atomic E-state index is 7.75. The minimum Gasteiger partial charge on any atom is -0.402 e.